The van der Waals surface area contributed by atoms with Gasteiger partial charge >= 0.3 is 0 Å². The fourth-order valence-corrected chi connectivity index (χ4v) is 6.51. The second kappa shape index (κ2) is 18.0. The first-order valence-corrected chi connectivity index (χ1v) is 16.6. The number of nitrogens with one attached hydrogen (secondary N) is 2. The molecule has 0 aromatic heterocycles. The Hall–Kier alpha value is -2.07. The predicted molar refractivity (Wildman–Crippen MR) is 166 cm³/mol. The molecule has 2 amide bonds. The van der Waals surface area contributed by atoms with Crippen molar-refractivity contribution in [2.45, 2.75) is 147 Å². The van der Waals surface area contributed by atoms with Crippen LogP contribution in [0.15, 0.2) is 24.8 Å². The smallest absolute Gasteiger partial charge is 0.225 e. The molecule has 43 heavy (non-hydrogen) atoms. The molecule has 3 fully saturated rings. The molecule has 0 aromatic carbocycles. The van der Waals surface area contributed by atoms with Gasteiger partial charge < -0.3 is 30.0 Å². The van der Waals surface area contributed by atoms with Crippen molar-refractivity contribution < 1.29 is 33.7 Å². The van der Waals surface area contributed by atoms with Crippen molar-refractivity contribution in [1.29, 1.82) is 0 Å². The number of aliphatic hydroxyl groups is 1. The predicted octanol–water partition coefficient (Wildman–Crippen LogP) is 4.91. The molecule has 0 aromatic rings. The Morgan fingerprint density at radius 2 is 1.70 bits per heavy atom. The molecule has 1 spiro atoms. The zero-order chi connectivity index (χ0) is 31.2. The van der Waals surface area contributed by atoms with Crippen molar-refractivity contribution in [3.63, 3.8) is 0 Å². The van der Waals surface area contributed by atoms with Crippen molar-refractivity contribution in [3.05, 3.63) is 24.8 Å². The molecule has 3 N–H and O–H groups in total. The summed E-state index contributed by atoms with van der Waals surface area (Å²) in [5, 5.41) is 16.3. The molecular formula is C34H56N2O7. The molecule has 0 bridgehead atoms. The summed E-state index contributed by atoms with van der Waals surface area (Å²) < 4.78 is 19.0. The number of amides is 2. The van der Waals surface area contributed by atoms with E-state index in [1.54, 1.807) is 19.1 Å². The maximum absolute atomic E-state index is 12.7. The van der Waals surface area contributed by atoms with Crippen molar-refractivity contribution >= 4 is 17.6 Å². The molecule has 3 rings (SSSR count). The summed E-state index contributed by atoms with van der Waals surface area (Å²) in [5.41, 5.74) is 0. The highest BCUT2D eigenvalue weighted by Gasteiger charge is 2.42. The SMILES string of the molecule is C=CCCC1CCCC2(CCCC(CCCNC(=O)C(C)C(O)CNC(=O)CC3OC(CC(=O)C=CC)CCC3C)O2)O1. The summed E-state index contributed by atoms with van der Waals surface area (Å²) in [4.78, 5) is 37.2. The molecule has 8 unspecified atom stereocenters. The van der Waals surface area contributed by atoms with Crippen molar-refractivity contribution in [2.24, 2.45) is 11.8 Å². The van der Waals surface area contributed by atoms with Crippen molar-refractivity contribution in [1.82, 2.24) is 10.6 Å². The van der Waals surface area contributed by atoms with Crippen LogP contribution in [0.4, 0.5) is 0 Å². The Morgan fingerprint density at radius 3 is 2.37 bits per heavy atom. The number of hydrogen-bond donors (Lipinski definition) is 3. The van der Waals surface area contributed by atoms with Gasteiger partial charge in [0.15, 0.2) is 11.6 Å². The molecule has 244 valence electrons. The third-order valence-electron chi connectivity index (χ3n) is 9.24. The first kappa shape index (κ1) is 35.4. The van der Waals surface area contributed by atoms with Crippen LogP contribution in [-0.4, -0.2) is 72.1 Å². The molecule has 9 heteroatoms. The number of allylic oxidation sites excluding steroid dienone is 3. The van der Waals surface area contributed by atoms with Crippen LogP contribution >= 0.6 is 0 Å². The molecule has 8 atom stereocenters. The van der Waals surface area contributed by atoms with Crippen LogP contribution in [0, 0.1) is 11.8 Å². The van der Waals surface area contributed by atoms with Gasteiger partial charge in [0, 0.05) is 32.4 Å². The van der Waals surface area contributed by atoms with Gasteiger partial charge in [0.25, 0.3) is 0 Å². The van der Waals surface area contributed by atoms with Crippen LogP contribution in [-0.2, 0) is 28.6 Å². The monoisotopic (exact) mass is 604 g/mol. The molecule has 3 saturated heterocycles. The molecule has 3 aliphatic heterocycles. The number of carbonyl (C=O) groups excluding carboxylic acids is 3. The second-order valence-corrected chi connectivity index (χ2v) is 12.9. The Morgan fingerprint density at radius 1 is 1.00 bits per heavy atom. The lowest BCUT2D eigenvalue weighted by atomic mass is 9.89. The topological polar surface area (TPSA) is 123 Å². The van der Waals surface area contributed by atoms with Crippen LogP contribution in [0.25, 0.3) is 0 Å². The molecule has 3 heterocycles. The van der Waals surface area contributed by atoms with Crippen molar-refractivity contribution in [2.75, 3.05) is 13.1 Å². The zero-order valence-electron chi connectivity index (χ0n) is 26.7. The lowest BCUT2D eigenvalue weighted by Gasteiger charge is -2.46. The average molecular weight is 605 g/mol. The quantitative estimate of drug-likeness (QED) is 0.130. The lowest BCUT2D eigenvalue weighted by Crippen LogP contribution is -2.48. The van der Waals surface area contributed by atoms with E-state index in [1.807, 2.05) is 19.9 Å². The van der Waals surface area contributed by atoms with E-state index in [2.05, 4.69) is 17.2 Å². The van der Waals surface area contributed by atoms with Gasteiger partial charge in [-0.15, -0.1) is 6.58 Å². The van der Waals surface area contributed by atoms with Gasteiger partial charge in [-0.2, -0.15) is 0 Å². The number of hydrogen-bond acceptors (Lipinski definition) is 7. The van der Waals surface area contributed by atoms with Gasteiger partial charge in [-0.25, -0.2) is 0 Å². The molecule has 0 aliphatic carbocycles. The summed E-state index contributed by atoms with van der Waals surface area (Å²) in [6.45, 7) is 9.85. The van der Waals surface area contributed by atoms with Crippen LogP contribution in [0.2, 0.25) is 0 Å². The Bertz CT molecular complexity index is 936. The summed E-state index contributed by atoms with van der Waals surface area (Å²) in [5.74, 6) is -1.35. The fraction of sp³-hybridized carbons (Fsp3) is 0.794. The molecule has 0 saturated carbocycles. The summed E-state index contributed by atoms with van der Waals surface area (Å²) in [6.07, 6.45) is 16.1. The normalized spacial score (nSPS) is 30.9. The van der Waals surface area contributed by atoms with Gasteiger partial charge in [0.1, 0.15) is 0 Å². The van der Waals surface area contributed by atoms with Gasteiger partial charge in [-0.05, 0) is 83.1 Å². The Balaban J connectivity index is 1.32. The molecular weight excluding hydrogens is 548 g/mol. The van der Waals surface area contributed by atoms with Crippen LogP contribution in [0.1, 0.15) is 111 Å². The third kappa shape index (κ3) is 11.7. The van der Waals surface area contributed by atoms with Crippen molar-refractivity contribution in [3.8, 4) is 0 Å². The first-order valence-electron chi connectivity index (χ1n) is 16.6. The largest absolute Gasteiger partial charge is 0.390 e. The number of ether oxygens (including phenoxy) is 3. The average Bonchev–Trinajstić information content (AvgIpc) is 2.98. The number of aliphatic hydroxyl groups excluding tert-OH is 1. The Labute approximate surface area is 258 Å². The molecule has 9 nitrogen and oxygen atoms in total. The maximum Gasteiger partial charge on any atom is 0.225 e. The summed E-state index contributed by atoms with van der Waals surface area (Å²) in [6, 6.07) is 0. The highest BCUT2D eigenvalue weighted by molar-refractivity contribution is 5.89. The summed E-state index contributed by atoms with van der Waals surface area (Å²) >= 11 is 0. The van der Waals surface area contributed by atoms with Crippen LogP contribution < -0.4 is 10.6 Å². The minimum Gasteiger partial charge on any atom is -0.390 e. The highest BCUT2D eigenvalue weighted by atomic mass is 16.7. The van der Waals surface area contributed by atoms with E-state index in [4.69, 9.17) is 14.2 Å². The van der Waals surface area contributed by atoms with E-state index < -0.39 is 17.8 Å². The van der Waals surface area contributed by atoms with Gasteiger partial charge in [-0.3, -0.25) is 14.4 Å². The number of carbonyl (C=O) groups is 3. The van der Waals surface area contributed by atoms with E-state index in [1.165, 1.54) is 0 Å². The van der Waals surface area contributed by atoms with Gasteiger partial charge in [-0.1, -0.05) is 26.0 Å². The van der Waals surface area contributed by atoms with E-state index in [0.29, 0.717) is 13.0 Å². The second-order valence-electron chi connectivity index (χ2n) is 12.9. The van der Waals surface area contributed by atoms with E-state index in [9.17, 15) is 19.5 Å². The fourth-order valence-electron chi connectivity index (χ4n) is 6.51. The minimum absolute atomic E-state index is 0.0104. The highest BCUT2D eigenvalue weighted by Crippen LogP contribution is 2.41. The van der Waals surface area contributed by atoms with Gasteiger partial charge in [0.05, 0.1) is 42.9 Å². The number of ketones is 1. The van der Waals surface area contributed by atoms with E-state index >= 15 is 0 Å². The third-order valence-corrected chi connectivity index (χ3v) is 9.24. The lowest BCUT2D eigenvalue weighted by molar-refractivity contribution is -0.315. The summed E-state index contributed by atoms with van der Waals surface area (Å²) in [7, 11) is 0. The van der Waals surface area contributed by atoms with E-state index in [-0.39, 0.29) is 60.9 Å². The molecule has 0 radical (unpaired) electrons. The number of rotatable bonds is 16. The van der Waals surface area contributed by atoms with Crippen LogP contribution in [0.5, 0.6) is 0 Å². The van der Waals surface area contributed by atoms with Gasteiger partial charge in [0.2, 0.25) is 11.8 Å². The zero-order valence-corrected chi connectivity index (χ0v) is 26.7. The Kier molecular flexibility index (Phi) is 14.8. The molecule has 3 aliphatic rings. The van der Waals surface area contributed by atoms with E-state index in [0.717, 1.165) is 77.0 Å². The standard InChI is InChI=1S/C34H56N2O7/c1-5-7-12-27-13-8-18-34(42-27)19-9-14-28(43-34)15-10-20-35-33(40)25(4)30(38)23-36-32(39)22-31-24(3)16-17-29(41-31)21-26(37)11-6-2/h5-6,11,24-25,27-31,38H,1,7-10,12-23H2,2-4H3,(H,35,40)(H,36,39). The minimum atomic E-state index is -1.00. The van der Waals surface area contributed by atoms with Crippen LogP contribution in [0.3, 0.4) is 0 Å². The maximum atomic E-state index is 12.7. The first-order chi connectivity index (χ1) is 20.6.